The topological polar surface area (TPSA) is 225 Å². The molecule has 2 N–H and O–H groups in total. The zero-order valence-electron chi connectivity index (χ0n) is 31.1. The summed E-state index contributed by atoms with van der Waals surface area (Å²) >= 11 is 6.10. The van der Waals surface area contributed by atoms with E-state index >= 15 is 0 Å². The Morgan fingerprint density at radius 1 is 1.05 bits per heavy atom. The summed E-state index contributed by atoms with van der Waals surface area (Å²) in [6.07, 6.45) is 3.92. The minimum absolute atomic E-state index is 0.0453. The number of methoxy groups -OCH3 is 1. The van der Waals surface area contributed by atoms with E-state index in [-0.39, 0.29) is 47.8 Å². The summed E-state index contributed by atoms with van der Waals surface area (Å²) in [6, 6.07) is 9.83. The molecule has 0 saturated carbocycles. The lowest BCUT2D eigenvalue weighted by molar-refractivity contribution is -0.200. The van der Waals surface area contributed by atoms with Crippen LogP contribution in [0, 0.1) is 12.3 Å². The van der Waals surface area contributed by atoms with Gasteiger partial charge < -0.3 is 38.9 Å². The minimum Gasteiger partial charge on any atom is -0.463 e. The fraction of sp³-hybridized carbons (Fsp3) is 0.405. The first-order valence-corrected chi connectivity index (χ1v) is 17.5. The number of halogens is 1. The molecule has 1 aromatic carbocycles. The number of carbonyl (C=O) groups is 4. The molecule has 4 aromatic rings. The first kappa shape index (κ1) is 41.3. The highest BCUT2D eigenvalue weighted by atomic mass is 35.5. The van der Waals surface area contributed by atoms with Crippen LogP contribution in [0.5, 0.6) is 0 Å². The number of rotatable bonds is 15. The Labute approximate surface area is 325 Å². The molecule has 4 heterocycles. The zero-order valence-corrected chi connectivity index (χ0v) is 31.8. The Balaban J connectivity index is 1.58. The third-order valence-corrected chi connectivity index (χ3v) is 8.86. The standard InChI is InChI=1S/C37H39ClN6O12/c1-7-36(56-22(5)46)26(55-32(28(36)54-21(4)45)44-19-40-27-29(39)41-35(38)42-30(27)44)18-53-37(33(48)51-8-2,34(49)52-9-3)17-23-12-14-24(15-13-23)25-11-10-16-43(20-50-6)31(25)47/h1,10-16,19,26,28,32H,8-9,17-18,20H2,2-6H3,(H2,39,41,42)/t26-,28+,32-,36-/m1/s1. The molecule has 0 spiro atoms. The van der Waals surface area contributed by atoms with Gasteiger partial charge in [0.2, 0.25) is 17.0 Å². The molecular formula is C37H39ClN6O12. The second-order valence-electron chi connectivity index (χ2n) is 12.3. The number of anilines is 1. The molecule has 18 nitrogen and oxygen atoms in total. The van der Waals surface area contributed by atoms with E-state index in [1.165, 1.54) is 36.4 Å². The maximum absolute atomic E-state index is 13.9. The first-order chi connectivity index (χ1) is 26.7. The maximum Gasteiger partial charge on any atom is 0.350 e. The average molecular weight is 795 g/mol. The van der Waals surface area contributed by atoms with Gasteiger partial charge >= 0.3 is 23.9 Å². The number of hydrogen-bond donors (Lipinski definition) is 1. The quantitative estimate of drug-likeness (QED) is 0.0599. The second-order valence-corrected chi connectivity index (χ2v) is 12.7. The van der Waals surface area contributed by atoms with Gasteiger partial charge in [0, 0.05) is 39.1 Å². The third kappa shape index (κ3) is 8.07. The van der Waals surface area contributed by atoms with Crippen molar-refractivity contribution < 1.29 is 52.3 Å². The van der Waals surface area contributed by atoms with Crippen molar-refractivity contribution in [3.63, 3.8) is 0 Å². The minimum atomic E-state index is -2.49. The van der Waals surface area contributed by atoms with Crippen LogP contribution in [-0.4, -0.2) is 98.3 Å². The number of nitrogens with two attached hydrogens (primary N) is 1. The fourth-order valence-electron chi connectivity index (χ4n) is 6.29. The van der Waals surface area contributed by atoms with Crippen molar-refractivity contribution in [3.8, 4) is 23.5 Å². The van der Waals surface area contributed by atoms with Crippen molar-refractivity contribution in [2.45, 2.75) is 70.5 Å². The Bertz CT molecular complexity index is 2200. The van der Waals surface area contributed by atoms with Crippen molar-refractivity contribution in [2.24, 2.45) is 0 Å². The number of terminal acetylenes is 1. The van der Waals surface area contributed by atoms with E-state index < -0.39 is 66.5 Å². The van der Waals surface area contributed by atoms with E-state index in [1.807, 2.05) is 0 Å². The van der Waals surface area contributed by atoms with E-state index in [0.717, 1.165) is 13.8 Å². The van der Waals surface area contributed by atoms with Crippen molar-refractivity contribution in [3.05, 3.63) is 70.1 Å². The summed E-state index contributed by atoms with van der Waals surface area (Å²) in [5.41, 5.74) is 2.47. The van der Waals surface area contributed by atoms with Crippen LogP contribution < -0.4 is 11.3 Å². The molecule has 1 aliphatic rings. The Morgan fingerprint density at radius 3 is 2.32 bits per heavy atom. The van der Waals surface area contributed by atoms with Gasteiger partial charge in [0.15, 0.2) is 17.7 Å². The lowest BCUT2D eigenvalue weighted by atomic mass is 9.90. The van der Waals surface area contributed by atoms with Gasteiger partial charge in [-0.3, -0.25) is 23.5 Å². The van der Waals surface area contributed by atoms with Crippen LogP contribution in [0.15, 0.2) is 53.7 Å². The zero-order chi connectivity index (χ0) is 40.8. The Hall–Kier alpha value is -5.87. The largest absolute Gasteiger partial charge is 0.463 e. The molecule has 0 amide bonds. The highest BCUT2D eigenvalue weighted by molar-refractivity contribution is 6.28. The van der Waals surface area contributed by atoms with Crippen molar-refractivity contribution in [1.82, 2.24) is 24.1 Å². The van der Waals surface area contributed by atoms with Gasteiger partial charge in [-0.1, -0.05) is 30.2 Å². The Kier molecular flexibility index (Phi) is 12.8. The number of pyridine rings is 1. The van der Waals surface area contributed by atoms with E-state index in [0.29, 0.717) is 16.7 Å². The molecule has 1 saturated heterocycles. The van der Waals surface area contributed by atoms with Crippen molar-refractivity contribution in [1.29, 1.82) is 0 Å². The summed E-state index contributed by atoms with van der Waals surface area (Å²) < 4.78 is 42.5. The number of nitrogen functional groups attached to an aromatic ring is 1. The van der Waals surface area contributed by atoms with Gasteiger partial charge in [-0.25, -0.2) is 14.6 Å². The molecule has 1 aliphatic heterocycles. The number of imidazole rings is 1. The first-order valence-electron chi connectivity index (χ1n) is 17.2. The second kappa shape index (κ2) is 17.3. The van der Waals surface area contributed by atoms with Gasteiger partial charge in [0.25, 0.3) is 11.2 Å². The molecule has 0 aliphatic carbocycles. The predicted molar refractivity (Wildman–Crippen MR) is 196 cm³/mol. The number of aromatic nitrogens is 5. The van der Waals surface area contributed by atoms with Crippen LogP contribution in [0.2, 0.25) is 5.28 Å². The number of nitrogens with zero attached hydrogens (tertiary/aromatic N) is 5. The number of ether oxygens (including phenoxy) is 7. The average Bonchev–Trinajstić information content (AvgIpc) is 3.70. The monoisotopic (exact) mass is 794 g/mol. The molecule has 4 atom stereocenters. The third-order valence-electron chi connectivity index (χ3n) is 8.69. The van der Waals surface area contributed by atoms with E-state index in [1.54, 1.807) is 42.6 Å². The number of esters is 4. The van der Waals surface area contributed by atoms with Gasteiger partial charge in [-0.05, 0) is 48.7 Å². The molecule has 19 heteroatoms. The number of hydrogen-bond acceptors (Lipinski definition) is 16. The SMILES string of the molecule is C#C[C@@]1(OC(C)=O)[C@@H](COC(Cc2ccc(-c3cccn(COC)c3=O)cc2)(C(=O)OCC)C(=O)OCC)O[C@@H](n2cnc3c(N)nc(Cl)nc32)[C@@H]1OC(C)=O. The van der Waals surface area contributed by atoms with Gasteiger partial charge in [-0.15, -0.1) is 6.42 Å². The molecular weight excluding hydrogens is 756 g/mol. The lowest BCUT2D eigenvalue weighted by Gasteiger charge is -2.35. The van der Waals surface area contributed by atoms with Gasteiger partial charge in [0.1, 0.15) is 18.4 Å². The normalized spacial score (nSPS) is 19.3. The molecule has 0 radical (unpaired) electrons. The lowest BCUT2D eigenvalue weighted by Crippen LogP contribution is -2.57. The van der Waals surface area contributed by atoms with Crippen LogP contribution in [0.25, 0.3) is 22.3 Å². The Morgan fingerprint density at radius 2 is 1.73 bits per heavy atom. The van der Waals surface area contributed by atoms with Gasteiger partial charge in [-0.2, -0.15) is 9.97 Å². The van der Waals surface area contributed by atoms with E-state index in [2.05, 4.69) is 20.9 Å². The molecule has 0 bridgehead atoms. The molecule has 3 aromatic heterocycles. The van der Waals surface area contributed by atoms with Crippen molar-refractivity contribution in [2.75, 3.05) is 32.7 Å². The van der Waals surface area contributed by atoms with Crippen LogP contribution in [-0.2, 0) is 65.5 Å². The molecule has 296 valence electrons. The van der Waals surface area contributed by atoms with Crippen LogP contribution in [0.1, 0.15) is 39.5 Å². The molecule has 5 rings (SSSR count). The van der Waals surface area contributed by atoms with Gasteiger partial charge in [0.05, 0.1) is 26.1 Å². The van der Waals surface area contributed by atoms with E-state index in [9.17, 15) is 24.0 Å². The molecule has 1 fully saturated rings. The van der Waals surface area contributed by atoms with Crippen LogP contribution in [0.4, 0.5) is 5.82 Å². The number of carbonyl (C=O) groups excluding carboxylic acids is 4. The summed E-state index contributed by atoms with van der Waals surface area (Å²) in [5.74, 6) is -1.62. The van der Waals surface area contributed by atoms with Crippen LogP contribution >= 0.6 is 11.6 Å². The number of benzene rings is 1. The van der Waals surface area contributed by atoms with Crippen molar-refractivity contribution >= 4 is 52.5 Å². The highest BCUT2D eigenvalue weighted by Gasteiger charge is 2.63. The highest BCUT2D eigenvalue weighted by Crippen LogP contribution is 2.44. The van der Waals surface area contributed by atoms with Crippen LogP contribution in [0.3, 0.4) is 0 Å². The van der Waals surface area contributed by atoms with E-state index in [4.69, 9.17) is 56.9 Å². The number of fused-ring (bicyclic) bond motifs is 1. The summed E-state index contributed by atoms with van der Waals surface area (Å²) in [4.78, 5) is 78.4. The summed E-state index contributed by atoms with van der Waals surface area (Å²) in [6.45, 7) is 4.25. The summed E-state index contributed by atoms with van der Waals surface area (Å²) in [5, 5.41) is -0.240. The fourth-order valence-corrected chi connectivity index (χ4v) is 6.47. The smallest absolute Gasteiger partial charge is 0.350 e. The molecule has 0 unspecified atom stereocenters. The maximum atomic E-state index is 13.9. The molecule has 56 heavy (non-hydrogen) atoms. The summed E-state index contributed by atoms with van der Waals surface area (Å²) in [7, 11) is 1.47. The predicted octanol–water partition coefficient (Wildman–Crippen LogP) is 2.38.